The lowest BCUT2D eigenvalue weighted by molar-refractivity contribution is 0.309. The number of fused-ring (bicyclic) bond motifs is 1. The van der Waals surface area contributed by atoms with Crippen molar-refractivity contribution in [2.45, 2.75) is 43.6 Å². The van der Waals surface area contributed by atoms with Gasteiger partial charge in [-0.3, -0.25) is 0 Å². The Balaban J connectivity index is 1.48. The molecule has 0 unspecified atom stereocenters. The normalized spacial score (nSPS) is 16.6. The van der Waals surface area contributed by atoms with E-state index in [1.54, 1.807) is 7.05 Å². The SMILES string of the molecule is C=CCn1cc(C[C@H]2CCCN2C)c2cc(CS(=O)(=O)N(C)C(c3ccccc3)c3ccccc3)ccc21. The third-order valence-electron chi connectivity index (χ3n) is 7.86. The van der Waals surface area contributed by atoms with Gasteiger partial charge in [0.2, 0.25) is 10.0 Å². The zero-order valence-corrected chi connectivity index (χ0v) is 23.1. The van der Waals surface area contributed by atoms with Crippen LogP contribution in [0.25, 0.3) is 10.9 Å². The molecule has 0 aliphatic carbocycles. The van der Waals surface area contributed by atoms with Gasteiger partial charge in [0.25, 0.3) is 0 Å². The van der Waals surface area contributed by atoms with E-state index in [9.17, 15) is 8.42 Å². The lowest BCUT2D eigenvalue weighted by Crippen LogP contribution is -2.33. The summed E-state index contributed by atoms with van der Waals surface area (Å²) in [4.78, 5) is 2.44. The van der Waals surface area contributed by atoms with E-state index < -0.39 is 16.1 Å². The van der Waals surface area contributed by atoms with E-state index >= 15 is 0 Å². The second kappa shape index (κ2) is 11.3. The Kier molecular flexibility index (Phi) is 7.84. The molecule has 0 N–H and O–H groups in total. The van der Waals surface area contributed by atoms with Crippen molar-refractivity contribution in [1.29, 1.82) is 0 Å². The largest absolute Gasteiger partial charge is 0.343 e. The molecule has 1 aliphatic rings. The highest BCUT2D eigenvalue weighted by atomic mass is 32.2. The Bertz CT molecular complexity index is 1460. The van der Waals surface area contributed by atoms with Crippen LogP contribution in [0.5, 0.6) is 0 Å². The van der Waals surface area contributed by atoms with Crippen LogP contribution in [0.15, 0.2) is 97.7 Å². The maximum atomic E-state index is 13.8. The molecule has 1 aliphatic heterocycles. The fourth-order valence-electron chi connectivity index (χ4n) is 5.81. The summed E-state index contributed by atoms with van der Waals surface area (Å²) in [6, 6.07) is 25.9. The number of allylic oxidation sites excluding steroid dienone is 1. The molecule has 0 saturated carbocycles. The summed E-state index contributed by atoms with van der Waals surface area (Å²) in [7, 11) is 0.271. The van der Waals surface area contributed by atoms with E-state index in [-0.39, 0.29) is 5.75 Å². The Morgan fingerprint density at radius 3 is 2.26 bits per heavy atom. The summed E-state index contributed by atoms with van der Waals surface area (Å²) in [6.07, 6.45) is 7.53. The molecular weight excluding hydrogens is 490 g/mol. The minimum absolute atomic E-state index is 0.0506. The summed E-state index contributed by atoms with van der Waals surface area (Å²) in [6.45, 7) is 5.79. The van der Waals surface area contributed by atoms with E-state index in [0.29, 0.717) is 6.04 Å². The number of aromatic nitrogens is 1. The first-order valence-electron chi connectivity index (χ1n) is 13.3. The zero-order valence-electron chi connectivity index (χ0n) is 22.3. The van der Waals surface area contributed by atoms with Gasteiger partial charge in [0.05, 0.1) is 11.8 Å². The number of benzene rings is 3. The van der Waals surface area contributed by atoms with Gasteiger partial charge in [0.15, 0.2) is 0 Å². The average Bonchev–Trinajstić information content (AvgIpc) is 3.48. The van der Waals surface area contributed by atoms with E-state index in [4.69, 9.17) is 0 Å². The van der Waals surface area contributed by atoms with Gasteiger partial charge in [-0.1, -0.05) is 72.8 Å². The highest BCUT2D eigenvalue weighted by molar-refractivity contribution is 7.88. The van der Waals surface area contributed by atoms with E-state index in [1.807, 2.05) is 72.8 Å². The number of nitrogens with zero attached hydrogens (tertiary/aromatic N) is 3. The fraction of sp³-hybridized carbons (Fsp3) is 0.312. The zero-order chi connectivity index (χ0) is 26.7. The smallest absolute Gasteiger partial charge is 0.218 e. The first kappa shape index (κ1) is 26.4. The van der Waals surface area contributed by atoms with Gasteiger partial charge in [-0.05, 0) is 67.2 Å². The Hall–Kier alpha value is -3.19. The predicted molar refractivity (Wildman–Crippen MR) is 157 cm³/mol. The lowest BCUT2D eigenvalue weighted by Gasteiger charge is -2.28. The van der Waals surface area contributed by atoms with Gasteiger partial charge in [-0.2, -0.15) is 4.31 Å². The number of sulfonamides is 1. The summed E-state index contributed by atoms with van der Waals surface area (Å²) < 4.78 is 31.4. The minimum atomic E-state index is -3.62. The summed E-state index contributed by atoms with van der Waals surface area (Å²) in [5.41, 5.74) is 5.11. The van der Waals surface area contributed by atoms with Crippen LogP contribution in [-0.2, 0) is 28.7 Å². The standard InChI is InChI=1S/C32H37N3O2S/c1-4-19-35-23-28(22-29-16-11-20-33(29)2)30-21-25(17-18-31(30)35)24-38(36,37)34(3)32(26-12-7-5-8-13-26)27-14-9-6-10-15-27/h4-10,12-15,17-18,21,23,29,32H,1,11,16,19-20,22,24H2,2-3H3/t29-/m1/s1. The Labute approximate surface area is 227 Å². The number of rotatable bonds is 10. The number of hydrogen-bond acceptors (Lipinski definition) is 3. The molecular formula is C32H37N3O2S. The van der Waals surface area contributed by atoms with Crippen molar-refractivity contribution in [2.75, 3.05) is 20.6 Å². The minimum Gasteiger partial charge on any atom is -0.343 e. The van der Waals surface area contributed by atoms with Crippen LogP contribution < -0.4 is 0 Å². The third-order valence-corrected chi connectivity index (χ3v) is 9.65. The second-order valence-electron chi connectivity index (χ2n) is 10.4. The molecule has 6 heteroatoms. The Morgan fingerprint density at radius 2 is 1.68 bits per heavy atom. The van der Waals surface area contributed by atoms with Gasteiger partial charge in [-0.25, -0.2) is 8.42 Å². The number of likely N-dealkylation sites (N-methyl/N-ethyl adjacent to an activating group) is 1. The van der Waals surface area contributed by atoms with E-state index in [1.165, 1.54) is 22.7 Å². The summed E-state index contributed by atoms with van der Waals surface area (Å²) in [5.74, 6) is -0.0506. The summed E-state index contributed by atoms with van der Waals surface area (Å²) in [5, 5.41) is 1.14. The maximum Gasteiger partial charge on any atom is 0.218 e. The third kappa shape index (κ3) is 5.48. The molecule has 1 saturated heterocycles. The monoisotopic (exact) mass is 527 g/mol. The molecule has 0 bridgehead atoms. The molecule has 2 heterocycles. The maximum absolute atomic E-state index is 13.8. The predicted octanol–water partition coefficient (Wildman–Crippen LogP) is 6.02. The molecule has 1 fully saturated rings. The molecule has 0 spiro atoms. The fourth-order valence-corrected chi connectivity index (χ4v) is 7.18. The Morgan fingerprint density at radius 1 is 1.03 bits per heavy atom. The van der Waals surface area contributed by atoms with Gasteiger partial charge in [0.1, 0.15) is 0 Å². The molecule has 4 aromatic rings. The lowest BCUT2D eigenvalue weighted by atomic mass is 9.99. The van der Waals surface area contributed by atoms with Crippen LogP contribution in [0, 0.1) is 0 Å². The van der Waals surface area contributed by atoms with Crippen LogP contribution >= 0.6 is 0 Å². The van der Waals surface area contributed by atoms with E-state index in [2.05, 4.69) is 41.4 Å². The molecule has 38 heavy (non-hydrogen) atoms. The van der Waals surface area contributed by atoms with Crippen molar-refractivity contribution in [3.8, 4) is 0 Å². The van der Waals surface area contributed by atoms with Crippen LogP contribution in [-0.4, -0.2) is 48.9 Å². The van der Waals surface area contributed by atoms with Crippen LogP contribution in [0.4, 0.5) is 0 Å². The molecule has 0 radical (unpaired) electrons. The van der Waals surface area contributed by atoms with Crippen molar-refractivity contribution in [1.82, 2.24) is 13.8 Å². The van der Waals surface area contributed by atoms with Crippen LogP contribution in [0.1, 0.15) is 41.1 Å². The first-order valence-corrected chi connectivity index (χ1v) is 15.0. The van der Waals surface area contributed by atoms with Gasteiger partial charge in [0, 0.05) is 36.7 Å². The highest BCUT2D eigenvalue weighted by Crippen LogP contribution is 2.32. The average molecular weight is 528 g/mol. The summed E-state index contributed by atoms with van der Waals surface area (Å²) >= 11 is 0. The van der Waals surface area contributed by atoms with E-state index in [0.717, 1.165) is 47.1 Å². The van der Waals surface area contributed by atoms with Crippen molar-refractivity contribution in [3.05, 3.63) is 120 Å². The molecule has 0 amide bonds. The number of likely N-dealkylation sites (tertiary alicyclic amines) is 1. The van der Waals surface area contributed by atoms with Gasteiger partial charge in [-0.15, -0.1) is 6.58 Å². The van der Waals surface area contributed by atoms with Crippen LogP contribution in [0.3, 0.4) is 0 Å². The number of hydrogen-bond donors (Lipinski definition) is 0. The first-order chi connectivity index (χ1) is 18.4. The topological polar surface area (TPSA) is 45.6 Å². The van der Waals surface area contributed by atoms with Crippen molar-refractivity contribution in [2.24, 2.45) is 0 Å². The van der Waals surface area contributed by atoms with Crippen molar-refractivity contribution < 1.29 is 8.42 Å². The molecule has 198 valence electrons. The van der Waals surface area contributed by atoms with Crippen LogP contribution in [0.2, 0.25) is 0 Å². The van der Waals surface area contributed by atoms with Gasteiger partial charge >= 0.3 is 0 Å². The highest BCUT2D eigenvalue weighted by Gasteiger charge is 2.29. The molecule has 3 aromatic carbocycles. The molecule has 5 nitrogen and oxygen atoms in total. The molecule has 5 rings (SSSR count). The molecule has 1 aromatic heterocycles. The molecule has 1 atom stereocenters. The van der Waals surface area contributed by atoms with Crippen molar-refractivity contribution in [3.63, 3.8) is 0 Å². The second-order valence-corrected chi connectivity index (χ2v) is 12.5. The quantitative estimate of drug-likeness (QED) is 0.237. The van der Waals surface area contributed by atoms with Crippen molar-refractivity contribution >= 4 is 20.9 Å². The van der Waals surface area contributed by atoms with Gasteiger partial charge < -0.3 is 9.47 Å².